The van der Waals surface area contributed by atoms with Crippen molar-refractivity contribution in [1.82, 2.24) is 5.32 Å². The number of hydrogen-bond acceptors (Lipinski definition) is 3. The van der Waals surface area contributed by atoms with Crippen LogP contribution >= 0.6 is 11.8 Å². The maximum absolute atomic E-state index is 12.8. The normalized spacial score (nSPS) is 25.2. The number of amides is 2. The van der Waals surface area contributed by atoms with Gasteiger partial charge in [0, 0.05) is 16.5 Å². The lowest BCUT2D eigenvalue weighted by molar-refractivity contribution is -0.112. The lowest BCUT2D eigenvalue weighted by atomic mass is 9.78. The number of benzene rings is 2. The Kier molecular flexibility index (Phi) is 5.76. The molecule has 0 unspecified atom stereocenters. The van der Waals surface area contributed by atoms with E-state index in [-0.39, 0.29) is 17.9 Å². The van der Waals surface area contributed by atoms with E-state index >= 15 is 0 Å². The molecule has 0 aromatic heterocycles. The average Bonchev–Trinajstić information content (AvgIpc) is 2.72. The molecule has 150 valence electrons. The number of hydrogen-bond donors (Lipinski definition) is 2. The van der Waals surface area contributed by atoms with Gasteiger partial charge in [0.2, 0.25) is 0 Å². The molecule has 1 heterocycles. The summed E-state index contributed by atoms with van der Waals surface area (Å²) in [4.78, 5) is 26.9. The molecule has 29 heavy (non-hydrogen) atoms. The highest BCUT2D eigenvalue weighted by Gasteiger charge is 2.29. The van der Waals surface area contributed by atoms with E-state index in [0.717, 1.165) is 23.3 Å². The van der Waals surface area contributed by atoms with Gasteiger partial charge in [0.15, 0.2) is 0 Å². The van der Waals surface area contributed by atoms with Crippen molar-refractivity contribution in [2.45, 2.75) is 44.0 Å². The van der Waals surface area contributed by atoms with Crippen LogP contribution in [0.15, 0.2) is 58.3 Å². The Balaban J connectivity index is 1.50. The Morgan fingerprint density at radius 3 is 2.72 bits per heavy atom. The highest BCUT2D eigenvalue weighted by atomic mass is 32.2. The van der Waals surface area contributed by atoms with Crippen LogP contribution in [-0.4, -0.2) is 17.9 Å². The lowest BCUT2D eigenvalue weighted by Gasteiger charge is -2.34. The van der Waals surface area contributed by atoms with Gasteiger partial charge < -0.3 is 10.6 Å². The van der Waals surface area contributed by atoms with Crippen LogP contribution < -0.4 is 10.6 Å². The summed E-state index contributed by atoms with van der Waals surface area (Å²) >= 11 is 1.43. The third-order valence-electron chi connectivity index (χ3n) is 6.05. The summed E-state index contributed by atoms with van der Waals surface area (Å²) < 4.78 is 0. The second-order valence-electron chi connectivity index (χ2n) is 8.03. The van der Waals surface area contributed by atoms with E-state index in [1.54, 1.807) is 6.07 Å². The van der Waals surface area contributed by atoms with E-state index in [0.29, 0.717) is 28.0 Å². The first-order valence-electron chi connectivity index (χ1n) is 10.2. The SMILES string of the molecule is C[C@H]1[C@H](C)CCC[C@H]1NC(=O)c1ccc2c(c1)NC(=O)/C(=C/c1ccccc1)S2. The molecule has 2 amide bonds. The fraction of sp³-hybridized carbons (Fsp3) is 0.333. The second-order valence-corrected chi connectivity index (χ2v) is 9.12. The molecule has 0 spiro atoms. The number of anilines is 1. The molecule has 1 fully saturated rings. The maximum Gasteiger partial charge on any atom is 0.262 e. The van der Waals surface area contributed by atoms with Crippen LogP contribution in [0.4, 0.5) is 5.69 Å². The summed E-state index contributed by atoms with van der Waals surface area (Å²) in [7, 11) is 0. The topological polar surface area (TPSA) is 58.2 Å². The van der Waals surface area contributed by atoms with Crippen molar-refractivity contribution in [3.8, 4) is 0 Å². The van der Waals surface area contributed by atoms with Crippen molar-refractivity contribution in [3.05, 3.63) is 64.6 Å². The summed E-state index contributed by atoms with van der Waals surface area (Å²) in [5.74, 6) is 0.900. The molecular weight excluding hydrogens is 380 g/mol. The zero-order chi connectivity index (χ0) is 20.4. The van der Waals surface area contributed by atoms with Gasteiger partial charge in [-0.15, -0.1) is 0 Å². The van der Waals surface area contributed by atoms with Crippen LogP contribution in [0.3, 0.4) is 0 Å². The van der Waals surface area contributed by atoms with Gasteiger partial charge >= 0.3 is 0 Å². The summed E-state index contributed by atoms with van der Waals surface area (Å²) in [6, 6.07) is 15.5. The zero-order valence-electron chi connectivity index (χ0n) is 16.8. The Morgan fingerprint density at radius 2 is 1.93 bits per heavy atom. The third kappa shape index (κ3) is 4.40. The standard InChI is InChI=1S/C24H26N2O2S/c1-15-7-6-10-19(16(15)2)25-23(27)18-11-12-21-20(14-18)26-24(28)22(29-21)13-17-8-4-3-5-9-17/h3-5,8-9,11-16,19H,6-7,10H2,1-2H3,(H,25,27)(H,26,28)/b22-13-/t15-,16+,19-/m1/s1. The molecule has 3 atom stereocenters. The van der Waals surface area contributed by atoms with Gasteiger partial charge in [-0.3, -0.25) is 9.59 Å². The highest BCUT2D eigenvalue weighted by Crippen LogP contribution is 2.39. The molecule has 2 aliphatic rings. The van der Waals surface area contributed by atoms with Crippen LogP contribution in [0.5, 0.6) is 0 Å². The van der Waals surface area contributed by atoms with Crippen LogP contribution in [0, 0.1) is 11.8 Å². The van der Waals surface area contributed by atoms with Crippen molar-refractivity contribution in [3.63, 3.8) is 0 Å². The Bertz CT molecular complexity index is 955. The van der Waals surface area contributed by atoms with Gasteiger partial charge in [0.05, 0.1) is 10.6 Å². The molecule has 2 N–H and O–H groups in total. The van der Waals surface area contributed by atoms with E-state index in [9.17, 15) is 9.59 Å². The summed E-state index contributed by atoms with van der Waals surface area (Å²) in [5.41, 5.74) is 2.27. The smallest absolute Gasteiger partial charge is 0.262 e. The minimum absolute atomic E-state index is 0.0661. The molecule has 4 rings (SSSR count). The summed E-state index contributed by atoms with van der Waals surface area (Å²) in [6.45, 7) is 4.48. The van der Waals surface area contributed by atoms with Crippen molar-refractivity contribution in [1.29, 1.82) is 0 Å². The molecule has 4 nitrogen and oxygen atoms in total. The van der Waals surface area contributed by atoms with Gasteiger partial charge in [-0.05, 0) is 48.1 Å². The molecule has 0 bridgehead atoms. The minimum Gasteiger partial charge on any atom is -0.349 e. The first-order valence-corrected chi connectivity index (χ1v) is 11.0. The van der Waals surface area contributed by atoms with Crippen molar-refractivity contribution >= 4 is 35.3 Å². The fourth-order valence-corrected chi connectivity index (χ4v) is 4.97. The van der Waals surface area contributed by atoms with Crippen LogP contribution in [0.2, 0.25) is 0 Å². The third-order valence-corrected chi connectivity index (χ3v) is 7.15. The van der Waals surface area contributed by atoms with Gasteiger partial charge in [0.25, 0.3) is 11.8 Å². The van der Waals surface area contributed by atoms with E-state index in [1.165, 1.54) is 18.2 Å². The first kappa shape index (κ1) is 19.8. The number of carbonyl (C=O) groups excluding carboxylic acids is 2. The molecule has 2 aromatic carbocycles. The van der Waals surface area contributed by atoms with Crippen LogP contribution in [-0.2, 0) is 4.79 Å². The number of carbonyl (C=O) groups is 2. The molecule has 2 aromatic rings. The van der Waals surface area contributed by atoms with Gasteiger partial charge in [-0.2, -0.15) is 0 Å². The molecule has 0 radical (unpaired) electrons. The van der Waals surface area contributed by atoms with Crippen molar-refractivity contribution in [2.24, 2.45) is 11.8 Å². The van der Waals surface area contributed by atoms with Crippen LogP contribution in [0.25, 0.3) is 6.08 Å². The summed E-state index contributed by atoms with van der Waals surface area (Å²) in [6.07, 6.45) is 5.30. The second kappa shape index (κ2) is 8.46. The number of fused-ring (bicyclic) bond motifs is 1. The Labute approximate surface area is 176 Å². The predicted octanol–water partition coefficient (Wildman–Crippen LogP) is 5.33. The Morgan fingerprint density at radius 1 is 1.14 bits per heavy atom. The Hall–Kier alpha value is -2.53. The molecule has 0 saturated heterocycles. The van der Waals surface area contributed by atoms with Gasteiger partial charge in [-0.25, -0.2) is 0 Å². The van der Waals surface area contributed by atoms with Gasteiger partial charge in [-0.1, -0.05) is 68.8 Å². The number of rotatable bonds is 3. The molecular formula is C24H26N2O2S. The maximum atomic E-state index is 12.8. The molecule has 1 aliphatic carbocycles. The lowest BCUT2D eigenvalue weighted by Crippen LogP contribution is -2.43. The largest absolute Gasteiger partial charge is 0.349 e. The molecule has 1 aliphatic heterocycles. The van der Waals surface area contributed by atoms with Crippen molar-refractivity contribution < 1.29 is 9.59 Å². The molecule has 5 heteroatoms. The van der Waals surface area contributed by atoms with E-state index in [1.807, 2.05) is 48.5 Å². The highest BCUT2D eigenvalue weighted by molar-refractivity contribution is 8.04. The first-order chi connectivity index (χ1) is 14.0. The quantitative estimate of drug-likeness (QED) is 0.678. The predicted molar refractivity (Wildman–Crippen MR) is 119 cm³/mol. The molecule has 1 saturated carbocycles. The van der Waals surface area contributed by atoms with E-state index in [4.69, 9.17) is 0 Å². The average molecular weight is 407 g/mol. The number of nitrogens with one attached hydrogen (secondary N) is 2. The summed E-state index contributed by atoms with van der Waals surface area (Å²) in [5, 5.41) is 6.14. The van der Waals surface area contributed by atoms with Crippen LogP contribution in [0.1, 0.15) is 49.0 Å². The van der Waals surface area contributed by atoms with Gasteiger partial charge in [0.1, 0.15) is 0 Å². The number of thioether (sulfide) groups is 1. The fourth-order valence-electron chi connectivity index (χ4n) is 4.04. The van der Waals surface area contributed by atoms with E-state index in [2.05, 4.69) is 24.5 Å². The minimum atomic E-state index is -0.140. The zero-order valence-corrected chi connectivity index (χ0v) is 17.6. The monoisotopic (exact) mass is 406 g/mol. The van der Waals surface area contributed by atoms with E-state index < -0.39 is 0 Å². The van der Waals surface area contributed by atoms with Crippen molar-refractivity contribution in [2.75, 3.05) is 5.32 Å².